The van der Waals surface area contributed by atoms with Crippen LogP contribution >= 0.6 is 0 Å². The summed E-state index contributed by atoms with van der Waals surface area (Å²) in [6, 6.07) is 10.2. The Morgan fingerprint density at radius 1 is 0.900 bits per heavy atom. The molecule has 1 rings (SSSR count). The van der Waals surface area contributed by atoms with Crippen molar-refractivity contribution in [2.75, 3.05) is 11.9 Å². The summed E-state index contributed by atoms with van der Waals surface area (Å²) in [5, 5.41) is 13.3. The van der Waals surface area contributed by atoms with E-state index in [1.54, 1.807) is 0 Å². The Hall–Kier alpha value is -1.02. The van der Waals surface area contributed by atoms with Crippen molar-refractivity contribution < 1.29 is 5.11 Å². The van der Waals surface area contributed by atoms with Gasteiger partial charge in [0.2, 0.25) is 0 Å². The van der Waals surface area contributed by atoms with E-state index >= 15 is 0 Å². The Labute approximate surface area is 124 Å². The molecule has 20 heavy (non-hydrogen) atoms. The predicted octanol–water partition coefficient (Wildman–Crippen LogP) is 4.99. The largest absolute Gasteiger partial charge is 0.393 e. The molecular weight excluding hydrogens is 246 g/mol. The molecule has 0 aliphatic heterocycles. The third-order valence-corrected chi connectivity index (χ3v) is 3.72. The van der Waals surface area contributed by atoms with Gasteiger partial charge in [0.1, 0.15) is 0 Å². The molecule has 1 aromatic rings. The Morgan fingerprint density at radius 3 is 2.25 bits per heavy atom. The molecule has 114 valence electrons. The molecule has 0 aliphatic carbocycles. The highest BCUT2D eigenvalue weighted by molar-refractivity contribution is 5.42. The van der Waals surface area contributed by atoms with Crippen LogP contribution in [0.3, 0.4) is 0 Å². The van der Waals surface area contributed by atoms with Crippen LogP contribution in [0.25, 0.3) is 0 Å². The normalized spacial score (nSPS) is 12.3. The molecule has 2 N–H and O–H groups in total. The van der Waals surface area contributed by atoms with Crippen molar-refractivity contribution in [3.63, 3.8) is 0 Å². The first-order valence-electron chi connectivity index (χ1n) is 8.30. The van der Waals surface area contributed by atoms with E-state index in [1.807, 2.05) is 18.2 Å². The van der Waals surface area contributed by atoms with E-state index < -0.39 is 0 Å². The second kappa shape index (κ2) is 11.8. The second-order valence-corrected chi connectivity index (χ2v) is 5.65. The van der Waals surface area contributed by atoms with Crippen LogP contribution in [-0.2, 0) is 0 Å². The third-order valence-electron chi connectivity index (χ3n) is 3.72. The number of benzene rings is 1. The number of hydrogen-bond acceptors (Lipinski definition) is 2. The van der Waals surface area contributed by atoms with Gasteiger partial charge in [0.25, 0.3) is 0 Å². The Bertz CT molecular complexity index is 312. The van der Waals surface area contributed by atoms with Crippen molar-refractivity contribution in [3.8, 4) is 0 Å². The number of aliphatic hydroxyl groups is 1. The van der Waals surface area contributed by atoms with Gasteiger partial charge in [-0.05, 0) is 25.0 Å². The Kier molecular flexibility index (Phi) is 10.0. The van der Waals surface area contributed by atoms with E-state index in [1.165, 1.54) is 44.9 Å². The minimum atomic E-state index is -0.151. The summed E-state index contributed by atoms with van der Waals surface area (Å²) in [4.78, 5) is 0. The van der Waals surface area contributed by atoms with Gasteiger partial charge in [-0.2, -0.15) is 0 Å². The first-order valence-corrected chi connectivity index (χ1v) is 8.30. The average Bonchev–Trinajstić information content (AvgIpc) is 2.47. The molecule has 0 aliphatic rings. The fourth-order valence-corrected chi connectivity index (χ4v) is 2.42. The van der Waals surface area contributed by atoms with Gasteiger partial charge in [-0.25, -0.2) is 0 Å². The van der Waals surface area contributed by atoms with Crippen molar-refractivity contribution in [1.82, 2.24) is 0 Å². The molecule has 0 amide bonds. The molecule has 2 heteroatoms. The quantitative estimate of drug-likeness (QED) is 0.527. The summed E-state index contributed by atoms with van der Waals surface area (Å²) in [6.07, 6.45) is 10.8. The van der Waals surface area contributed by atoms with Crippen molar-refractivity contribution in [1.29, 1.82) is 0 Å². The van der Waals surface area contributed by atoms with Gasteiger partial charge in [-0.1, -0.05) is 70.1 Å². The molecule has 0 heterocycles. The number of nitrogens with one attached hydrogen (secondary N) is 1. The van der Waals surface area contributed by atoms with Crippen LogP contribution in [-0.4, -0.2) is 17.8 Å². The van der Waals surface area contributed by atoms with Gasteiger partial charge < -0.3 is 10.4 Å². The number of para-hydroxylation sites is 1. The highest BCUT2D eigenvalue weighted by atomic mass is 16.3. The third kappa shape index (κ3) is 8.98. The van der Waals surface area contributed by atoms with E-state index in [0.29, 0.717) is 0 Å². The number of rotatable bonds is 12. The molecular formula is C18H31NO. The first-order chi connectivity index (χ1) is 9.83. The molecule has 0 saturated heterocycles. The summed E-state index contributed by atoms with van der Waals surface area (Å²) in [6.45, 7) is 3.10. The van der Waals surface area contributed by atoms with Gasteiger partial charge in [-0.15, -0.1) is 0 Å². The minimum Gasteiger partial charge on any atom is -0.393 e. The highest BCUT2D eigenvalue weighted by Crippen LogP contribution is 2.11. The summed E-state index contributed by atoms with van der Waals surface area (Å²) >= 11 is 0. The minimum absolute atomic E-state index is 0.151. The number of anilines is 1. The number of aliphatic hydroxyl groups excluding tert-OH is 1. The van der Waals surface area contributed by atoms with E-state index in [4.69, 9.17) is 0 Å². The zero-order chi connectivity index (χ0) is 14.5. The van der Waals surface area contributed by atoms with Crippen molar-refractivity contribution >= 4 is 5.69 Å². The molecule has 0 bridgehead atoms. The summed E-state index contributed by atoms with van der Waals surface area (Å²) < 4.78 is 0. The lowest BCUT2D eigenvalue weighted by atomic mass is 10.0. The zero-order valence-electron chi connectivity index (χ0n) is 13.0. The van der Waals surface area contributed by atoms with Crippen LogP contribution in [0.4, 0.5) is 5.69 Å². The molecule has 0 saturated carbocycles. The fraction of sp³-hybridized carbons (Fsp3) is 0.667. The first kappa shape index (κ1) is 17.0. The lowest BCUT2D eigenvalue weighted by molar-refractivity contribution is 0.154. The zero-order valence-corrected chi connectivity index (χ0v) is 13.0. The predicted molar refractivity (Wildman–Crippen MR) is 88.2 cm³/mol. The van der Waals surface area contributed by atoms with Crippen molar-refractivity contribution in [2.45, 2.75) is 70.8 Å². The second-order valence-electron chi connectivity index (χ2n) is 5.65. The lowest BCUT2D eigenvalue weighted by Crippen LogP contribution is -2.13. The fourth-order valence-electron chi connectivity index (χ4n) is 2.42. The van der Waals surface area contributed by atoms with Crippen LogP contribution in [0.1, 0.15) is 64.7 Å². The van der Waals surface area contributed by atoms with Crippen molar-refractivity contribution in [2.24, 2.45) is 0 Å². The molecule has 1 atom stereocenters. The summed E-state index contributed by atoms with van der Waals surface area (Å²) in [5.74, 6) is 0. The standard InChI is InChI=1S/C18H31NO/c1-2-3-4-5-6-7-11-14-18(20)15-16-19-17-12-9-8-10-13-17/h8-10,12-13,18-20H,2-7,11,14-16H2,1H3. The van der Waals surface area contributed by atoms with Crippen LogP contribution in [0.15, 0.2) is 30.3 Å². The maximum Gasteiger partial charge on any atom is 0.0557 e. The topological polar surface area (TPSA) is 32.3 Å². The monoisotopic (exact) mass is 277 g/mol. The van der Waals surface area contributed by atoms with Crippen LogP contribution in [0, 0.1) is 0 Å². The average molecular weight is 277 g/mol. The Balaban J connectivity index is 1.91. The molecule has 1 aromatic carbocycles. The van der Waals surface area contributed by atoms with Crippen LogP contribution in [0.5, 0.6) is 0 Å². The number of hydrogen-bond donors (Lipinski definition) is 2. The van der Waals surface area contributed by atoms with Crippen LogP contribution < -0.4 is 5.32 Å². The summed E-state index contributed by atoms with van der Waals surface area (Å²) in [5.41, 5.74) is 1.13. The molecule has 0 aromatic heterocycles. The molecule has 1 unspecified atom stereocenters. The van der Waals surface area contributed by atoms with Crippen LogP contribution in [0.2, 0.25) is 0 Å². The Morgan fingerprint density at radius 2 is 1.55 bits per heavy atom. The smallest absolute Gasteiger partial charge is 0.0557 e. The highest BCUT2D eigenvalue weighted by Gasteiger charge is 2.03. The number of unbranched alkanes of at least 4 members (excludes halogenated alkanes) is 6. The van der Waals surface area contributed by atoms with Gasteiger partial charge >= 0.3 is 0 Å². The lowest BCUT2D eigenvalue weighted by Gasteiger charge is -2.11. The molecule has 0 spiro atoms. The van der Waals surface area contributed by atoms with E-state index in [0.717, 1.165) is 25.1 Å². The molecule has 0 fully saturated rings. The van der Waals surface area contributed by atoms with Gasteiger partial charge in [0, 0.05) is 12.2 Å². The van der Waals surface area contributed by atoms with Gasteiger partial charge in [-0.3, -0.25) is 0 Å². The molecule has 2 nitrogen and oxygen atoms in total. The summed E-state index contributed by atoms with van der Waals surface area (Å²) in [7, 11) is 0. The van der Waals surface area contributed by atoms with E-state index in [2.05, 4.69) is 24.4 Å². The van der Waals surface area contributed by atoms with E-state index in [-0.39, 0.29) is 6.10 Å². The van der Waals surface area contributed by atoms with Crippen molar-refractivity contribution in [3.05, 3.63) is 30.3 Å². The van der Waals surface area contributed by atoms with Gasteiger partial charge in [0.05, 0.1) is 6.10 Å². The van der Waals surface area contributed by atoms with E-state index in [9.17, 15) is 5.11 Å². The maximum absolute atomic E-state index is 9.93. The SMILES string of the molecule is CCCCCCCCCC(O)CCNc1ccccc1. The molecule has 0 radical (unpaired) electrons. The maximum atomic E-state index is 9.93. The van der Waals surface area contributed by atoms with Gasteiger partial charge in [0.15, 0.2) is 0 Å².